The lowest BCUT2D eigenvalue weighted by atomic mass is 10.0. The Balaban J connectivity index is 2.33. The number of benzene rings is 1. The molecule has 0 radical (unpaired) electrons. The number of hydrogen-bond donors (Lipinski definition) is 1. The Kier molecular flexibility index (Phi) is 3.74. The van der Waals surface area contributed by atoms with Crippen LogP contribution in [0.4, 0.5) is 0 Å². The third-order valence-corrected chi connectivity index (χ3v) is 4.04. The lowest BCUT2D eigenvalue weighted by molar-refractivity contribution is 0.354. The molecule has 18 heavy (non-hydrogen) atoms. The van der Waals surface area contributed by atoms with Crippen molar-refractivity contribution >= 4 is 11.6 Å². The third kappa shape index (κ3) is 2.17. The summed E-state index contributed by atoms with van der Waals surface area (Å²) in [6, 6.07) is 3.85. The molecule has 0 aliphatic heterocycles. The molecule has 2 atom stereocenters. The van der Waals surface area contributed by atoms with Gasteiger partial charge in [-0.1, -0.05) is 24.9 Å². The maximum atomic E-state index is 6.43. The molecule has 1 aliphatic rings. The van der Waals surface area contributed by atoms with Crippen molar-refractivity contribution in [3.8, 4) is 11.5 Å². The molecule has 0 saturated heterocycles. The first-order valence-corrected chi connectivity index (χ1v) is 6.65. The fraction of sp³-hybridized carbons (Fsp3) is 0.571. The maximum absolute atomic E-state index is 6.43. The molecule has 2 unspecified atom stereocenters. The fourth-order valence-corrected chi connectivity index (χ4v) is 2.88. The standard InChI is InChI=1S/C14H20ClNO2/c1-4-5-9-8-14(9,16)10-6-11(15)13(18-3)12(7-10)17-2/h6-7,9H,4-5,8,16H2,1-3H3. The Morgan fingerprint density at radius 2 is 2.11 bits per heavy atom. The van der Waals surface area contributed by atoms with Crippen LogP contribution in [0.1, 0.15) is 31.7 Å². The summed E-state index contributed by atoms with van der Waals surface area (Å²) in [6.45, 7) is 2.18. The zero-order valence-corrected chi connectivity index (χ0v) is 11.9. The quantitative estimate of drug-likeness (QED) is 0.892. The Hall–Kier alpha value is -0.930. The van der Waals surface area contributed by atoms with Crippen molar-refractivity contribution in [2.24, 2.45) is 11.7 Å². The zero-order chi connectivity index (χ0) is 13.3. The van der Waals surface area contributed by atoms with Crippen molar-refractivity contribution in [3.63, 3.8) is 0 Å². The van der Waals surface area contributed by atoms with Crippen molar-refractivity contribution in [3.05, 3.63) is 22.7 Å². The summed E-state index contributed by atoms with van der Waals surface area (Å²) in [4.78, 5) is 0. The van der Waals surface area contributed by atoms with Gasteiger partial charge >= 0.3 is 0 Å². The van der Waals surface area contributed by atoms with Gasteiger partial charge in [-0.15, -0.1) is 0 Å². The Morgan fingerprint density at radius 3 is 2.67 bits per heavy atom. The van der Waals surface area contributed by atoms with E-state index < -0.39 is 0 Å². The molecule has 3 nitrogen and oxygen atoms in total. The van der Waals surface area contributed by atoms with Gasteiger partial charge in [-0.25, -0.2) is 0 Å². The number of nitrogens with two attached hydrogens (primary N) is 1. The van der Waals surface area contributed by atoms with Crippen molar-refractivity contribution < 1.29 is 9.47 Å². The molecule has 1 fully saturated rings. The molecule has 2 rings (SSSR count). The average molecular weight is 270 g/mol. The molecule has 1 saturated carbocycles. The summed E-state index contributed by atoms with van der Waals surface area (Å²) in [5, 5.41) is 0.554. The third-order valence-electron chi connectivity index (χ3n) is 3.76. The maximum Gasteiger partial charge on any atom is 0.179 e. The highest BCUT2D eigenvalue weighted by Gasteiger charge is 2.51. The van der Waals surface area contributed by atoms with Gasteiger partial charge in [0.25, 0.3) is 0 Å². The minimum atomic E-state index is -0.237. The number of hydrogen-bond acceptors (Lipinski definition) is 3. The second-order valence-electron chi connectivity index (χ2n) is 4.92. The molecular formula is C14H20ClNO2. The second kappa shape index (κ2) is 4.98. The first kappa shape index (κ1) is 13.5. The van der Waals surface area contributed by atoms with Crippen LogP contribution in [0.25, 0.3) is 0 Å². The highest BCUT2D eigenvalue weighted by atomic mass is 35.5. The molecule has 100 valence electrons. The Bertz CT molecular complexity index is 450. The van der Waals surface area contributed by atoms with Crippen LogP contribution in [0.2, 0.25) is 5.02 Å². The van der Waals surface area contributed by atoms with Gasteiger partial charge < -0.3 is 15.2 Å². The molecule has 4 heteroatoms. The Morgan fingerprint density at radius 1 is 1.39 bits per heavy atom. The minimum Gasteiger partial charge on any atom is -0.493 e. The van der Waals surface area contributed by atoms with Crippen molar-refractivity contribution in [1.82, 2.24) is 0 Å². The number of rotatable bonds is 5. The van der Waals surface area contributed by atoms with Crippen LogP contribution in [0.5, 0.6) is 11.5 Å². The summed E-state index contributed by atoms with van der Waals surface area (Å²) >= 11 is 6.21. The molecule has 1 aromatic rings. The van der Waals surface area contributed by atoms with E-state index in [1.54, 1.807) is 14.2 Å². The molecule has 1 aromatic carbocycles. The molecular weight excluding hydrogens is 250 g/mol. The number of halogens is 1. The normalized spacial score (nSPS) is 25.9. The van der Waals surface area contributed by atoms with Crippen molar-refractivity contribution in [2.45, 2.75) is 31.7 Å². The topological polar surface area (TPSA) is 44.5 Å². The highest BCUT2D eigenvalue weighted by molar-refractivity contribution is 6.32. The first-order valence-electron chi connectivity index (χ1n) is 6.27. The van der Waals surface area contributed by atoms with Crippen molar-refractivity contribution in [1.29, 1.82) is 0 Å². The second-order valence-corrected chi connectivity index (χ2v) is 5.33. The fourth-order valence-electron chi connectivity index (χ4n) is 2.60. The Labute approximate surface area is 113 Å². The summed E-state index contributed by atoms with van der Waals surface area (Å²) in [6.07, 6.45) is 3.33. The van der Waals surface area contributed by atoms with E-state index in [2.05, 4.69) is 6.92 Å². The summed E-state index contributed by atoms with van der Waals surface area (Å²) in [7, 11) is 3.19. The van der Waals surface area contributed by atoms with E-state index in [9.17, 15) is 0 Å². The number of ether oxygens (including phenoxy) is 2. The molecule has 0 aromatic heterocycles. The number of methoxy groups -OCH3 is 2. The van der Waals surface area contributed by atoms with Crippen LogP contribution in [0.3, 0.4) is 0 Å². The zero-order valence-electron chi connectivity index (χ0n) is 11.1. The average Bonchev–Trinajstić information content (AvgIpc) is 3.01. The van der Waals surface area contributed by atoms with Crippen LogP contribution >= 0.6 is 11.6 Å². The van der Waals surface area contributed by atoms with Gasteiger partial charge in [0.15, 0.2) is 11.5 Å². The van der Waals surface area contributed by atoms with Crippen LogP contribution in [-0.2, 0) is 5.54 Å². The van der Waals surface area contributed by atoms with Crippen LogP contribution in [0, 0.1) is 5.92 Å². The van der Waals surface area contributed by atoms with E-state index in [-0.39, 0.29) is 5.54 Å². The monoisotopic (exact) mass is 269 g/mol. The molecule has 0 spiro atoms. The summed E-state index contributed by atoms with van der Waals surface area (Å²) < 4.78 is 10.5. The highest BCUT2D eigenvalue weighted by Crippen LogP contribution is 2.54. The molecule has 0 heterocycles. The van der Waals surface area contributed by atoms with Crippen molar-refractivity contribution in [2.75, 3.05) is 14.2 Å². The predicted molar refractivity (Wildman–Crippen MR) is 73.4 cm³/mol. The van der Waals surface area contributed by atoms with E-state index in [4.69, 9.17) is 26.8 Å². The van der Waals surface area contributed by atoms with E-state index in [1.807, 2.05) is 12.1 Å². The summed E-state index contributed by atoms with van der Waals surface area (Å²) in [5.41, 5.74) is 7.24. The predicted octanol–water partition coefficient (Wildman–Crippen LogP) is 3.33. The van der Waals surface area contributed by atoms with Crippen LogP contribution in [-0.4, -0.2) is 14.2 Å². The smallest absolute Gasteiger partial charge is 0.179 e. The van der Waals surface area contributed by atoms with Gasteiger partial charge in [0.2, 0.25) is 0 Å². The minimum absolute atomic E-state index is 0.237. The van der Waals surface area contributed by atoms with E-state index >= 15 is 0 Å². The summed E-state index contributed by atoms with van der Waals surface area (Å²) in [5.74, 6) is 1.77. The van der Waals surface area contributed by atoms with E-state index in [1.165, 1.54) is 0 Å². The van der Waals surface area contributed by atoms with Gasteiger partial charge in [-0.2, -0.15) is 0 Å². The van der Waals surface area contributed by atoms with Crippen LogP contribution < -0.4 is 15.2 Å². The lowest BCUT2D eigenvalue weighted by Gasteiger charge is -2.16. The van der Waals surface area contributed by atoms with Gasteiger partial charge in [0.05, 0.1) is 19.2 Å². The first-order chi connectivity index (χ1) is 8.56. The van der Waals surface area contributed by atoms with E-state index in [0.717, 1.165) is 24.8 Å². The van der Waals surface area contributed by atoms with Gasteiger partial charge in [0, 0.05) is 5.54 Å². The van der Waals surface area contributed by atoms with Gasteiger partial charge in [0.1, 0.15) is 0 Å². The molecule has 1 aliphatic carbocycles. The molecule has 0 bridgehead atoms. The van der Waals surface area contributed by atoms with Gasteiger partial charge in [-0.3, -0.25) is 0 Å². The van der Waals surface area contributed by atoms with Gasteiger partial charge in [-0.05, 0) is 36.5 Å². The SMILES string of the molecule is CCCC1CC1(N)c1cc(Cl)c(OC)c(OC)c1. The largest absolute Gasteiger partial charge is 0.493 e. The molecule has 0 amide bonds. The van der Waals surface area contributed by atoms with E-state index in [0.29, 0.717) is 22.4 Å². The molecule has 2 N–H and O–H groups in total. The van der Waals surface area contributed by atoms with Crippen LogP contribution in [0.15, 0.2) is 12.1 Å². The lowest BCUT2D eigenvalue weighted by Crippen LogP contribution is -2.22.